The van der Waals surface area contributed by atoms with Crippen molar-refractivity contribution >= 4 is 17.7 Å². The Morgan fingerprint density at radius 1 is 0.965 bits per heavy atom. The molecule has 0 aliphatic carbocycles. The fourth-order valence-corrected chi connectivity index (χ4v) is 8.46. The van der Waals surface area contributed by atoms with Crippen LogP contribution in [0.2, 0.25) is 0 Å². The van der Waals surface area contributed by atoms with Gasteiger partial charge in [-0.05, 0) is 101 Å². The summed E-state index contributed by atoms with van der Waals surface area (Å²) in [7, 11) is 0. The highest BCUT2D eigenvalue weighted by molar-refractivity contribution is 6.39. The zero-order valence-corrected chi connectivity index (χ0v) is 35.7. The molecule has 15 atom stereocenters. The fraction of sp³-hybridized carbons (Fsp3) is 0.795. The quantitative estimate of drug-likeness (QED) is 0.123. The first-order chi connectivity index (χ1) is 26.6. The van der Waals surface area contributed by atoms with E-state index in [1.54, 1.807) is 34.6 Å². The first kappa shape index (κ1) is 48.9. The van der Waals surface area contributed by atoms with E-state index >= 15 is 0 Å². The number of rotatable bonds is 4. The molecule has 3 aliphatic heterocycles. The first-order valence-electron chi connectivity index (χ1n) is 21.2. The van der Waals surface area contributed by atoms with E-state index in [9.17, 15) is 50.1 Å². The minimum absolute atomic E-state index is 0.0316. The van der Waals surface area contributed by atoms with Gasteiger partial charge in [-0.1, -0.05) is 59.8 Å². The molecular weight excluding hydrogens is 734 g/mol. The number of carbonyl (C=O) groups is 3. The molecule has 2 fully saturated rings. The Bertz CT molecular complexity index is 1440. The highest BCUT2D eigenvalue weighted by Crippen LogP contribution is 2.37. The molecule has 3 heterocycles. The van der Waals surface area contributed by atoms with E-state index in [1.165, 1.54) is 0 Å². The number of carbonyl (C=O) groups excluding carboxylic acids is 3. The van der Waals surface area contributed by atoms with E-state index in [2.05, 4.69) is 0 Å². The number of ether oxygens (including phenoxy) is 2. The maximum Gasteiger partial charge on any atom is 0.329 e. The van der Waals surface area contributed by atoms with E-state index in [-0.39, 0.29) is 56.4 Å². The number of hydrogen-bond donors (Lipinski definition) is 7. The fourth-order valence-electron chi connectivity index (χ4n) is 8.46. The van der Waals surface area contributed by atoms with Gasteiger partial charge < -0.3 is 50.1 Å². The van der Waals surface area contributed by atoms with E-state index in [1.807, 2.05) is 45.9 Å². The largest absolute Gasteiger partial charge is 0.456 e. The number of nitrogens with zero attached hydrogens (tertiary/aromatic N) is 1. The lowest BCUT2D eigenvalue weighted by molar-refractivity contribution is -0.266. The molecule has 3 aliphatic rings. The van der Waals surface area contributed by atoms with Crippen molar-refractivity contribution in [3.8, 4) is 0 Å². The van der Waals surface area contributed by atoms with E-state index in [4.69, 9.17) is 9.47 Å². The summed E-state index contributed by atoms with van der Waals surface area (Å²) in [4.78, 5) is 42.8. The number of hydrogen-bond acceptors (Lipinski definition) is 12. The summed E-state index contributed by atoms with van der Waals surface area (Å²) in [5.41, 5.74) is 2.08. The van der Waals surface area contributed by atoms with Gasteiger partial charge in [0.05, 0.1) is 42.7 Å². The summed E-state index contributed by atoms with van der Waals surface area (Å²) in [5.74, 6) is -7.51. The topological polar surface area (TPSA) is 215 Å². The van der Waals surface area contributed by atoms with Crippen molar-refractivity contribution in [2.45, 2.75) is 187 Å². The number of cyclic esters (lactones) is 1. The third kappa shape index (κ3) is 13.0. The summed E-state index contributed by atoms with van der Waals surface area (Å²) < 4.78 is 12.0. The molecule has 0 saturated carbocycles. The van der Waals surface area contributed by atoms with Crippen LogP contribution in [0, 0.1) is 29.6 Å². The second kappa shape index (κ2) is 21.7. The smallest absolute Gasteiger partial charge is 0.329 e. The number of Topliss-reactive ketones (excluding diaryl/α,β-unsaturated/α-hetero) is 1. The lowest BCUT2D eigenvalue weighted by Crippen LogP contribution is -2.59. The summed E-state index contributed by atoms with van der Waals surface area (Å²) in [6.07, 6.45) is 0.600. The van der Waals surface area contributed by atoms with Crippen LogP contribution in [0.1, 0.15) is 127 Å². The van der Waals surface area contributed by atoms with E-state index in [0.717, 1.165) is 10.5 Å². The van der Waals surface area contributed by atoms with Gasteiger partial charge >= 0.3 is 5.97 Å². The number of fused-ring (bicyclic) bond motifs is 3. The van der Waals surface area contributed by atoms with Crippen molar-refractivity contribution in [3.05, 3.63) is 34.9 Å². The lowest BCUT2D eigenvalue weighted by Gasteiger charge is -2.42. The van der Waals surface area contributed by atoms with Crippen LogP contribution in [-0.2, 0) is 23.9 Å². The van der Waals surface area contributed by atoms with Gasteiger partial charge in [-0.2, -0.15) is 0 Å². The molecule has 57 heavy (non-hydrogen) atoms. The summed E-state index contributed by atoms with van der Waals surface area (Å²) >= 11 is 0. The highest BCUT2D eigenvalue weighted by atomic mass is 16.6. The zero-order chi connectivity index (χ0) is 42.9. The van der Waals surface area contributed by atoms with Gasteiger partial charge in [-0.15, -0.1) is 0 Å². The van der Waals surface area contributed by atoms with E-state index < -0.39 is 90.2 Å². The predicted octanol–water partition coefficient (Wildman–Crippen LogP) is 3.88. The van der Waals surface area contributed by atoms with Crippen LogP contribution < -0.4 is 0 Å². The predicted molar refractivity (Wildman–Crippen MR) is 215 cm³/mol. The van der Waals surface area contributed by atoms with Crippen molar-refractivity contribution < 1.29 is 59.6 Å². The monoisotopic (exact) mass is 808 g/mol. The molecule has 2 bridgehead atoms. The molecule has 3 rings (SSSR count). The molecule has 0 radical (unpaired) electrons. The Balaban J connectivity index is 2.01. The van der Waals surface area contributed by atoms with Crippen molar-refractivity contribution in [1.29, 1.82) is 0 Å². The summed E-state index contributed by atoms with van der Waals surface area (Å²) in [5, 5.41) is 77.2. The molecular formula is C44H73NO12. The van der Waals surface area contributed by atoms with Gasteiger partial charge in [0.15, 0.2) is 0 Å². The molecule has 2 saturated heterocycles. The SMILES string of the molecule is CC/C1=C/C[C@H](/C(C)=C/[C@@H](C)[C@H](C)O)OC(=O)[C@H]2CCCN2C(=O)C(=O)[C@@]2(O)O[C@@H](CC[C@@H]2C)C[C@H](O)[C@@H](C)[C@@H](O)C[C@H](O)C[C@H](O)/C(C)=C\[C@@H](C)C[C@H](C)[C@H]1O. The molecule has 0 aromatic carbocycles. The number of amides is 1. The van der Waals surface area contributed by atoms with Gasteiger partial charge in [0.25, 0.3) is 11.7 Å². The van der Waals surface area contributed by atoms with Gasteiger partial charge in [-0.25, -0.2) is 4.79 Å². The molecule has 1 amide bonds. The summed E-state index contributed by atoms with van der Waals surface area (Å²) in [6.45, 7) is 16.2. The third-order valence-corrected chi connectivity index (χ3v) is 12.8. The third-order valence-electron chi connectivity index (χ3n) is 12.8. The number of allylic oxidation sites excluding steroid dienone is 1. The van der Waals surface area contributed by atoms with Crippen LogP contribution in [0.5, 0.6) is 0 Å². The standard InChI is InChI=1S/C44H73NO12/c1-10-32-14-16-39(27(5)20-25(3)31(9)46)56-43(54)35-12-11-17-45(35)42(53)41(52)44(55)29(7)13-15-34(57-44)23-38(50)30(8)37(49)22-33(47)21-36(48)26(4)18-24(2)19-28(6)40(32)51/h14,18,20,24-25,28-31,33-40,46-51,55H,10-13,15-17,19,21-23H2,1-9H3/b26-18-,27-20+,32-14-/t24-,25-,28+,29+,30+,31+,33-,34+,35-,36+,37+,38+,39-,40-,44+/m1/s1. The van der Waals surface area contributed by atoms with Crippen LogP contribution in [0.4, 0.5) is 0 Å². The highest BCUT2D eigenvalue weighted by Gasteiger charge is 2.53. The molecule has 326 valence electrons. The van der Waals surface area contributed by atoms with Crippen molar-refractivity contribution in [1.82, 2.24) is 4.90 Å². The van der Waals surface area contributed by atoms with Gasteiger partial charge in [0.2, 0.25) is 5.79 Å². The van der Waals surface area contributed by atoms with Crippen molar-refractivity contribution in [2.75, 3.05) is 6.54 Å². The minimum atomic E-state index is -2.52. The lowest BCUT2D eigenvalue weighted by atomic mass is 9.83. The average Bonchev–Trinajstić information content (AvgIpc) is 3.64. The molecule has 0 spiro atoms. The molecule has 0 aromatic rings. The number of aliphatic hydroxyl groups is 7. The maximum absolute atomic E-state index is 13.9. The second-order valence-electron chi connectivity index (χ2n) is 17.6. The van der Waals surface area contributed by atoms with Crippen LogP contribution in [0.3, 0.4) is 0 Å². The van der Waals surface area contributed by atoms with Crippen LogP contribution in [0.15, 0.2) is 34.9 Å². The van der Waals surface area contributed by atoms with E-state index in [0.29, 0.717) is 43.3 Å². The molecule has 7 N–H and O–H groups in total. The van der Waals surface area contributed by atoms with Gasteiger partial charge in [0.1, 0.15) is 12.1 Å². The Hall–Kier alpha value is -2.49. The number of esters is 1. The zero-order valence-electron chi connectivity index (χ0n) is 35.7. The minimum Gasteiger partial charge on any atom is -0.456 e. The van der Waals surface area contributed by atoms with Gasteiger partial charge in [0, 0.05) is 37.1 Å². The summed E-state index contributed by atoms with van der Waals surface area (Å²) in [6, 6.07) is -1.09. The Morgan fingerprint density at radius 3 is 2.25 bits per heavy atom. The number of aliphatic hydroxyl groups excluding tert-OH is 6. The Morgan fingerprint density at radius 2 is 1.61 bits per heavy atom. The maximum atomic E-state index is 13.9. The van der Waals surface area contributed by atoms with Crippen LogP contribution in [-0.4, -0.2) is 126 Å². The first-order valence-corrected chi connectivity index (χ1v) is 21.2. The Kier molecular flexibility index (Phi) is 18.6. The second-order valence-corrected chi connectivity index (χ2v) is 17.6. The molecule has 13 nitrogen and oxygen atoms in total. The molecule has 0 aromatic heterocycles. The normalized spacial score (nSPS) is 41.2. The van der Waals surface area contributed by atoms with Crippen molar-refractivity contribution in [3.63, 3.8) is 0 Å². The average molecular weight is 808 g/mol. The van der Waals surface area contributed by atoms with Crippen LogP contribution >= 0.6 is 0 Å². The molecule has 0 unspecified atom stereocenters. The van der Waals surface area contributed by atoms with Gasteiger partial charge in [-0.3, -0.25) is 9.59 Å². The number of ketones is 1. The Labute approximate surface area is 339 Å². The van der Waals surface area contributed by atoms with Crippen molar-refractivity contribution in [2.24, 2.45) is 29.6 Å². The molecule has 13 heteroatoms. The van der Waals surface area contributed by atoms with Crippen LogP contribution in [0.25, 0.3) is 0 Å².